The third-order valence-corrected chi connectivity index (χ3v) is 5.89. The van der Waals surface area contributed by atoms with Gasteiger partial charge in [-0.3, -0.25) is 0 Å². The SMILES string of the molecule is Cc1ccc2c(c1)cc(CN(C(=O)Nc1ccccc1)C1CCCC1)c1nnnn12. The number of carbonyl (C=O) groups excluding carboxylic acids is 1. The van der Waals surface area contributed by atoms with E-state index in [1.165, 1.54) is 5.56 Å². The fraction of sp³-hybridized carbons (Fsp3) is 0.304. The summed E-state index contributed by atoms with van der Waals surface area (Å²) < 4.78 is 1.77. The number of anilines is 1. The number of urea groups is 1. The maximum absolute atomic E-state index is 13.3. The van der Waals surface area contributed by atoms with Crippen LogP contribution in [0.15, 0.2) is 54.6 Å². The van der Waals surface area contributed by atoms with Gasteiger partial charge in [-0.25, -0.2) is 4.79 Å². The van der Waals surface area contributed by atoms with Crippen LogP contribution in [0.25, 0.3) is 16.6 Å². The molecule has 30 heavy (non-hydrogen) atoms. The number of nitrogens with zero attached hydrogens (tertiary/aromatic N) is 5. The van der Waals surface area contributed by atoms with Crippen molar-refractivity contribution < 1.29 is 4.79 Å². The van der Waals surface area contributed by atoms with Gasteiger partial charge in [-0.1, -0.05) is 42.7 Å². The zero-order valence-corrected chi connectivity index (χ0v) is 17.0. The van der Waals surface area contributed by atoms with Crippen molar-refractivity contribution in [3.05, 3.63) is 65.7 Å². The molecular formula is C23H24N6O. The number of fused-ring (bicyclic) bond motifs is 3. The van der Waals surface area contributed by atoms with Crippen molar-refractivity contribution in [2.75, 3.05) is 5.32 Å². The first-order valence-electron chi connectivity index (χ1n) is 10.4. The fourth-order valence-corrected chi connectivity index (χ4v) is 4.38. The highest BCUT2D eigenvalue weighted by atomic mass is 16.2. The van der Waals surface area contributed by atoms with Gasteiger partial charge in [0.05, 0.1) is 12.1 Å². The molecule has 0 spiro atoms. The van der Waals surface area contributed by atoms with E-state index < -0.39 is 0 Å². The predicted octanol–water partition coefficient (Wildman–Crippen LogP) is 4.56. The number of hydrogen-bond donors (Lipinski definition) is 1. The van der Waals surface area contributed by atoms with Crippen molar-refractivity contribution in [1.82, 2.24) is 24.9 Å². The Morgan fingerprint density at radius 1 is 1.13 bits per heavy atom. The average Bonchev–Trinajstić information content (AvgIpc) is 3.44. The molecule has 1 N–H and O–H groups in total. The van der Waals surface area contributed by atoms with E-state index in [1.807, 2.05) is 41.3 Å². The number of aromatic nitrogens is 4. The minimum absolute atomic E-state index is 0.0805. The molecule has 0 aliphatic heterocycles. The molecule has 4 aromatic rings. The quantitative estimate of drug-likeness (QED) is 0.545. The second-order valence-corrected chi connectivity index (χ2v) is 8.01. The van der Waals surface area contributed by atoms with E-state index in [1.54, 1.807) is 4.52 Å². The summed E-state index contributed by atoms with van der Waals surface area (Å²) in [4.78, 5) is 15.2. The third kappa shape index (κ3) is 3.47. The van der Waals surface area contributed by atoms with Gasteiger partial charge in [-0.2, -0.15) is 4.52 Å². The van der Waals surface area contributed by atoms with E-state index in [9.17, 15) is 4.79 Å². The standard InChI is InChI=1S/C23H24N6O/c1-16-11-12-21-17(13-16)14-18(22-25-26-27-29(21)22)15-28(20-9-5-6-10-20)23(30)24-19-7-3-2-4-8-19/h2-4,7-8,11-14,20H,5-6,9-10,15H2,1H3,(H,24,30). The summed E-state index contributed by atoms with van der Waals surface area (Å²) in [6.45, 7) is 2.54. The highest BCUT2D eigenvalue weighted by Gasteiger charge is 2.28. The fourth-order valence-electron chi connectivity index (χ4n) is 4.38. The molecule has 0 radical (unpaired) electrons. The van der Waals surface area contributed by atoms with Gasteiger partial charge in [-0.15, -0.1) is 5.10 Å². The molecule has 1 aliphatic rings. The number of rotatable bonds is 4. The maximum Gasteiger partial charge on any atom is 0.322 e. The van der Waals surface area contributed by atoms with Crippen LogP contribution in [0.1, 0.15) is 36.8 Å². The zero-order valence-electron chi connectivity index (χ0n) is 17.0. The summed E-state index contributed by atoms with van der Waals surface area (Å²) in [7, 11) is 0. The van der Waals surface area contributed by atoms with Crippen LogP contribution in [-0.2, 0) is 6.54 Å². The Hall–Kier alpha value is -3.48. The second-order valence-electron chi connectivity index (χ2n) is 8.01. The monoisotopic (exact) mass is 400 g/mol. The molecule has 1 fully saturated rings. The van der Waals surface area contributed by atoms with E-state index >= 15 is 0 Å². The molecule has 0 atom stereocenters. The van der Waals surface area contributed by atoms with Gasteiger partial charge in [0.15, 0.2) is 5.65 Å². The first-order chi connectivity index (χ1) is 14.7. The van der Waals surface area contributed by atoms with Gasteiger partial charge >= 0.3 is 6.03 Å². The van der Waals surface area contributed by atoms with Gasteiger partial charge in [0.1, 0.15) is 0 Å². The molecule has 0 saturated heterocycles. The lowest BCUT2D eigenvalue weighted by molar-refractivity contribution is 0.185. The van der Waals surface area contributed by atoms with Crippen LogP contribution < -0.4 is 5.32 Å². The minimum Gasteiger partial charge on any atom is -0.317 e. The predicted molar refractivity (Wildman–Crippen MR) is 116 cm³/mol. The zero-order chi connectivity index (χ0) is 20.5. The summed E-state index contributed by atoms with van der Waals surface area (Å²) in [5.74, 6) is 0. The Labute approximate surface area is 174 Å². The van der Waals surface area contributed by atoms with E-state index in [0.717, 1.165) is 47.8 Å². The largest absolute Gasteiger partial charge is 0.322 e. The molecule has 2 amide bonds. The van der Waals surface area contributed by atoms with Crippen molar-refractivity contribution in [1.29, 1.82) is 0 Å². The molecule has 2 heterocycles. The van der Waals surface area contributed by atoms with E-state index in [2.05, 4.69) is 46.0 Å². The number of amides is 2. The second kappa shape index (κ2) is 7.74. The number of hydrogen-bond acceptors (Lipinski definition) is 4. The molecular weight excluding hydrogens is 376 g/mol. The molecule has 1 saturated carbocycles. The number of pyridine rings is 1. The molecule has 7 nitrogen and oxygen atoms in total. The van der Waals surface area contributed by atoms with E-state index in [0.29, 0.717) is 12.2 Å². The molecule has 7 heteroatoms. The van der Waals surface area contributed by atoms with Gasteiger partial charge in [0.25, 0.3) is 0 Å². The summed E-state index contributed by atoms with van der Waals surface area (Å²) in [6.07, 6.45) is 4.35. The number of para-hydroxylation sites is 1. The molecule has 0 bridgehead atoms. The molecule has 0 unspecified atom stereocenters. The number of nitrogens with one attached hydrogen (secondary N) is 1. The number of carbonyl (C=O) groups is 1. The van der Waals surface area contributed by atoms with Crippen LogP contribution in [0, 0.1) is 6.92 Å². The Kier molecular flexibility index (Phi) is 4.78. The minimum atomic E-state index is -0.0805. The van der Waals surface area contributed by atoms with E-state index in [4.69, 9.17) is 0 Å². The Bertz CT molecular complexity index is 1200. The van der Waals surface area contributed by atoms with Gasteiger partial charge < -0.3 is 10.2 Å². The van der Waals surface area contributed by atoms with Crippen LogP contribution in [0.5, 0.6) is 0 Å². The van der Waals surface area contributed by atoms with Crippen molar-refractivity contribution in [2.24, 2.45) is 0 Å². The third-order valence-electron chi connectivity index (χ3n) is 5.89. The van der Waals surface area contributed by atoms with Crippen molar-refractivity contribution in [3.8, 4) is 0 Å². The van der Waals surface area contributed by atoms with Crippen LogP contribution in [0.4, 0.5) is 10.5 Å². The topological polar surface area (TPSA) is 75.4 Å². The van der Waals surface area contributed by atoms with Crippen molar-refractivity contribution >= 4 is 28.3 Å². The summed E-state index contributed by atoms with van der Waals surface area (Å²) in [5, 5.41) is 16.5. The number of aryl methyl sites for hydroxylation is 1. The Morgan fingerprint density at radius 3 is 2.73 bits per heavy atom. The Morgan fingerprint density at radius 2 is 1.93 bits per heavy atom. The molecule has 152 valence electrons. The maximum atomic E-state index is 13.3. The van der Waals surface area contributed by atoms with E-state index in [-0.39, 0.29) is 12.1 Å². The van der Waals surface area contributed by atoms with Gasteiger partial charge in [0.2, 0.25) is 0 Å². The van der Waals surface area contributed by atoms with Crippen molar-refractivity contribution in [3.63, 3.8) is 0 Å². The lowest BCUT2D eigenvalue weighted by atomic mass is 10.1. The van der Waals surface area contributed by atoms with Crippen molar-refractivity contribution in [2.45, 2.75) is 45.2 Å². The highest BCUT2D eigenvalue weighted by Crippen LogP contribution is 2.28. The van der Waals surface area contributed by atoms with Crippen LogP contribution in [0.2, 0.25) is 0 Å². The van der Waals surface area contributed by atoms with Gasteiger partial charge in [0, 0.05) is 22.7 Å². The van der Waals surface area contributed by atoms with Crippen LogP contribution in [-0.4, -0.2) is 37.0 Å². The number of benzene rings is 2. The normalized spacial score (nSPS) is 14.4. The van der Waals surface area contributed by atoms with Gasteiger partial charge in [-0.05, 0) is 60.5 Å². The summed E-state index contributed by atoms with van der Waals surface area (Å²) >= 11 is 0. The highest BCUT2D eigenvalue weighted by molar-refractivity contribution is 5.90. The lowest BCUT2D eigenvalue weighted by Crippen LogP contribution is -2.41. The molecule has 5 rings (SSSR count). The first kappa shape index (κ1) is 18.5. The molecule has 2 aromatic carbocycles. The average molecular weight is 400 g/mol. The smallest absolute Gasteiger partial charge is 0.317 e. The summed E-state index contributed by atoms with van der Waals surface area (Å²) in [5.41, 5.74) is 4.59. The molecule has 1 aliphatic carbocycles. The summed E-state index contributed by atoms with van der Waals surface area (Å²) in [6, 6.07) is 18.1. The van der Waals surface area contributed by atoms with Crippen LogP contribution >= 0.6 is 0 Å². The van der Waals surface area contributed by atoms with Crippen LogP contribution in [0.3, 0.4) is 0 Å². The first-order valence-corrected chi connectivity index (χ1v) is 10.4. The number of tetrazole rings is 1. The lowest BCUT2D eigenvalue weighted by Gasteiger charge is -2.29. The molecule has 2 aromatic heterocycles. The Balaban J connectivity index is 1.53.